The Hall–Kier alpha value is -2.81. The number of rotatable bonds is 4. The molecule has 3 aromatic heterocycles. The zero-order chi connectivity index (χ0) is 19.8. The van der Waals surface area contributed by atoms with E-state index < -0.39 is 5.92 Å². The van der Waals surface area contributed by atoms with E-state index in [0.717, 1.165) is 25.9 Å². The first-order chi connectivity index (χ1) is 14.2. The summed E-state index contributed by atoms with van der Waals surface area (Å²) in [7, 11) is 0. The zero-order valence-corrected chi connectivity index (χ0v) is 17.5. The predicted molar refractivity (Wildman–Crippen MR) is 120 cm³/mol. The molecule has 2 amide bonds. The molecule has 8 heteroatoms. The second kappa shape index (κ2) is 7.55. The fourth-order valence-electron chi connectivity index (χ4n) is 3.37. The van der Waals surface area contributed by atoms with Crippen LogP contribution in [-0.2, 0) is 9.59 Å². The number of benzene rings is 1. The number of thiazole rings is 1. The van der Waals surface area contributed by atoms with Gasteiger partial charge in [0.1, 0.15) is 5.69 Å². The van der Waals surface area contributed by atoms with Crippen LogP contribution < -0.4 is 10.6 Å². The molecule has 1 atom stereocenters. The first-order valence-corrected chi connectivity index (χ1v) is 11.5. The summed E-state index contributed by atoms with van der Waals surface area (Å²) in [5.41, 5.74) is 2.41. The highest BCUT2D eigenvalue weighted by molar-refractivity contribution is 7.24. The summed E-state index contributed by atoms with van der Waals surface area (Å²) in [4.78, 5) is 33.1. The summed E-state index contributed by atoms with van der Waals surface area (Å²) in [6.07, 6.45) is 0.129. The molecule has 1 aliphatic rings. The molecule has 0 unspecified atom stereocenters. The predicted octanol–water partition coefficient (Wildman–Crippen LogP) is 5.66. The SMILES string of the molecule is O=C1C[C@@H](C(=O)Nc2nc(-c3cccs3)c(-c3cccs3)s2)c2ccccc2N1. The number of nitrogens with one attached hydrogen (secondary N) is 2. The molecule has 29 heavy (non-hydrogen) atoms. The molecular weight excluding hydrogens is 422 g/mol. The fourth-order valence-corrected chi connectivity index (χ4v) is 5.99. The maximum atomic E-state index is 13.1. The van der Waals surface area contributed by atoms with E-state index in [2.05, 4.69) is 16.7 Å². The fraction of sp³-hybridized carbons (Fsp3) is 0.0952. The van der Waals surface area contributed by atoms with Crippen molar-refractivity contribution in [1.29, 1.82) is 0 Å². The molecule has 4 aromatic rings. The normalized spacial score (nSPS) is 15.6. The Morgan fingerprint density at radius 3 is 2.55 bits per heavy atom. The van der Waals surface area contributed by atoms with Gasteiger partial charge in [0.15, 0.2) is 5.13 Å². The maximum absolute atomic E-state index is 13.1. The van der Waals surface area contributed by atoms with Gasteiger partial charge in [-0.25, -0.2) is 4.98 Å². The summed E-state index contributed by atoms with van der Waals surface area (Å²) in [5.74, 6) is -0.891. The molecule has 5 rings (SSSR count). The molecule has 5 nitrogen and oxygen atoms in total. The largest absolute Gasteiger partial charge is 0.326 e. The second-order valence-corrected chi connectivity index (χ2v) is 9.43. The van der Waals surface area contributed by atoms with Gasteiger partial charge in [0.05, 0.1) is 15.7 Å². The van der Waals surface area contributed by atoms with E-state index in [4.69, 9.17) is 4.98 Å². The summed E-state index contributed by atoms with van der Waals surface area (Å²) in [6, 6.07) is 15.5. The number of para-hydroxylation sites is 1. The first-order valence-electron chi connectivity index (χ1n) is 8.97. The van der Waals surface area contributed by atoms with Gasteiger partial charge in [0.25, 0.3) is 0 Å². The highest BCUT2D eigenvalue weighted by atomic mass is 32.1. The summed E-state index contributed by atoms with van der Waals surface area (Å²) < 4.78 is 0. The highest BCUT2D eigenvalue weighted by Crippen LogP contribution is 2.43. The topological polar surface area (TPSA) is 71.1 Å². The van der Waals surface area contributed by atoms with Crippen molar-refractivity contribution in [2.24, 2.45) is 0 Å². The monoisotopic (exact) mass is 437 g/mol. The Labute approximate surface area is 179 Å². The zero-order valence-electron chi connectivity index (χ0n) is 15.0. The van der Waals surface area contributed by atoms with Crippen molar-refractivity contribution in [2.45, 2.75) is 12.3 Å². The van der Waals surface area contributed by atoms with Crippen LogP contribution in [-0.4, -0.2) is 16.8 Å². The molecule has 0 saturated carbocycles. The lowest BCUT2D eigenvalue weighted by molar-refractivity contribution is -0.123. The molecule has 0 bridgehead atoms. The van der Waals surface area contributed by atoms with Crippen LogP contribution >= 0.6 is 34.0 Å². The van der Waals surface area contributed by atoms with E-state index in [1.54, 1.807) is 22.7 Å². The Bertz CT molecular complexity index is 1130. The first kappa shape index (κ1) is 18.2. The van der Waals surface area contributed by atoms with Gasteiger partial charge >= 0.3 is 0 Å². The number of nitrogens with zero attached hydrogens (tertiary/aromatic N) is 1. The molecule has 0 spiro atoms. The number of amides is 2. The number of hydrogen-bond donors (Lipinski definition) is 2. The molecule has 0 radical (unpaired) electrons. The Balaban J connectivity index is 1.48. The van der Waals surface area contributed by atoms with E-state index >= 15 is 0 Å². The Morgan fingerprint density at radius 1 is 1.03 bits per heavy atom. The van der Waals surface area contributed by atoms with Crippen LogP contribution in [0.3, 0.4) is 0 Å². The summed E-state index contributed by atoms with van der Waals surface area (Å²) in [5, 5.41) is 10.4. The third-order valence-corrected chi connectivity index (χ3v) is 7.57. The van der Waals surface area contributed by atoms with Crippen LogP contribution in [0, 0.1) is 0 Å². The van der Waals surface area contributed by atoms with Crippen molar-refractivity contribution in [3.63, 3.8) is 0 Å². The third kappa shape index (κ3) is 3.50. The third-order valence-electron chi connectivity index (χ3n) is 4.67. The van der Waals surface area contributed by atoms with Crippen molar-refractivity contribution in [1.82, 2.24) is 4.98 Å². The standard InChI is InChI=1S/C21H15N3O2S3/c25-17-11-13(12-5-1-2-6-14(12)22-17)20(26)24-21-23-18(15-7-3-9-27-15)19(29-21)16-8-4-10-28-16/h1-10,13H,11H2,(H,22,25)(H,23,24,26)/t13-/m1/s1. The molecule has 4 heterocycles. The molecule has 0 fully saturated rings. The van der Waals surface area contributed by atoms with Crippen LogP contribution in [0.15, 0.2) is 59.3 Å². The second-order valence-electron chi connectivity index (χ2n) is 6.53. The van der Waals surface area contributed by atoms with Crippen LogP contribution in [0.2, 0.25) is 0 Å². The highest BCUT2D eigenvalue weighted by Gasteiger charge is 2.31. The average Bonchev–Trinajstić information content (AvgIpc) is 3.47. The minimum atomic E-state index is -0.528. The quantitative estimate of drug-likeness (QED) is 0.432. The molecular formula is C21H15N3O2S3. The van der Waals surface area contributed by atoms with Crippen molar-refractivity contribution in [3.05, 3.63) is 64.9 Å². The number of carbonyl (C=O) groups excluding carboxylic acids is 2. The van der Waals surface area contributed by atoms with E-state index in [1.807, 2.05) is 53.2 Å². The van der Waals surface area contributed by atoms with Gasteiger partial charge in [-0.2, -0.15) is 0 Å². The Morgan fingerprint density at radius 2 is 1.79 bits per heavy atom. The minimum absolute atomic E-state index is 0.129. The Kier molecular flexibility index (Phi) is 4.75. The lowest BCUT2D eigenvalue weighted by Crippen LogP contribution is -2.30. The lowest BCUT2D eigenvalue weighted by atomic mass is 9.90. The summed E-state index contributed by atoms with van der Waals surface area (Å²) >= 11 is 4.73. The van der Waals surface area contributed by atoms with Crippen LogP contribution in [0.1, 0.15) is 17.9 Å². The van der Waals surface area contributed by atoms with Gasteiger partial charge < -0.3 is 10.6 Å². The van der Waals surface area contributed by atoms with Crippen molar-refractivity contribution >= 4 is 56.6 Å². The van der Waals surface area contributed by atoms with E-state index in [9.17, 15) is 9.59 Å². The maximum Gasteiger partial charge on any atom is 0.234 e. The van der Waals surface area contributed by atoms with Gasteiger partial charge in [-0.1, -0.05) is 41.7 Å². The van der Waals surface area contributed by atoms with Crippen LogP contribution in [0.4, 0.5) is 10.8 Å². The van der Waals surface area contributed by atoms with Gasteiger partial charge in [-0.3, -0.25) is 9.59 Å². The van der Waals surface area contributed by atoms with Gasteiger partial charge in [-0.05, 0) is 34.5 Å². The minimum Gasteiger partial charge on any atom is -0.326 e. The number of aromatic nitrogens is 1. The van der Waals surface area contributed by atoms with Gasteiger partial charge in [-0.15, -0.1) is 22.7 Å². The van der Waals surface area contributed by atoms with E-state index in [0.29, 0.717) is 10.8 Å². The molecule has 0 saturated heterocycles. The molecule has 144 valence electrons. The smallest absolute Gasteiger partial charge is 0.234 e. The molecule has 2 N–H and O–H groups in total. The molecule has 0 aliphatic carbocycles. The summed E-state index contributed by atoms with van der Waals surface area (Å²) in [6.45, 7) is 0. The van der Waals surface area contributed by atoms with Crippen molar-refractivity contribution in [2.75, 3.05) is 10.6 Å². The van der Waals surface area contributed by atoms with E-state index in [-0.39, 0.29) is 18.2 Å². The number of anilines is 2. The number of carbonyl (C=O) groups is 2. The van der Waals surface area contributed by atoms with E-state index in [1.165, 1.54) is 11.3 Å². The van der Waals surface area contributed by atoms with Crippen molar-refractivity contribution in [3.8, 4) is 20.3 Å². The van der Waals surface area contributed by atoms with Gasteiger partial charge in [0.2, 0.25) is 11.8 Å². The van der Waals surface area contributed by atoms with Gasteiger partial charge in [0, 0.05) is 17.0 Å². The molecule has 1 aromatic carbocycles. The van der Waals surface area contributed by atoms with Crippen molar-refractivity contribution < 1.29 is 9.59 Å². The number of fused-ring (bicyclic) bond motifs is 1. The lowest BCUT2D eigenvalue weighted by Gasteiger charge is -2.24. The number of hydrogen-bond acceptors (Lipinski definition) is 6. The average molecular weight is 438 g/mol. The number of thiophene rings is 2. The molecule has 1 aliphatic heterocycles. The van der Waals surface area contributed by atoms with Crippen LogP contribution in [0.25, 0.3) is 20.3 Å². The van der Waals surface area contributed by atoms with Crippen LogP contribution in [0.5, 0.6) is 0 Å².